The van der Waals surface area contributed by atoms with Gasteiger partial charge in [-0.2, -0.15) is 0 Å². The largest absolute Gasteiger partial charge is 0.497 e. The number of thiophene rings is 1. The molecule has 7 heteroatoms. The molecule has 0 bridgehead atoms. The molecule has 1 aliphatic carbocycles. The van der Waals surface area contributed by atoms with Crippen molar-refractivity contribution in [2.45, 2.75) is 46.0 Å². The number of rotatable bonds is 9. The van der Waals surface area contributed by atoms with E-state index in [4.69, 9.17) is 14.2 Å². The second kappa shape index (κ2) is 10.5. The minimum atomic E-state index is -0.345. The van der Waals surface area contributed by atoms with Crippen LogP contribution in [0.5, 0.6) is 11.5 Å². The van der Waals surface area contributed by atoms with Gasteiger partial charge in [0, 0.05) is 11.3 Å². The summed E-state index contributed by atoms with van der Waals surface area (Å²) in [6.45, 7) is 4.76. The van der Waals surface area contributed by atoms with Crippen LogP contribution in [0.4, 0.5) is 5.00 Å². The van der Waals surface area contributed by atoms with Gasteiger partial charge in [0.25, 0.3) is 0 Å². The van der Waals surface area contributed by atoms with E-state index < -0.39 is 0 Å². The Bertz CT molecular complexity index is 874. The molecule has 2 aromatic rings. The third-order valence-electron chi connectivity index (χ3n) is 5.12. The lowest BCUT2D eigenvalue weighted by Crippen LogP contribution is -2.17. The van der Waals surface area contributed by atoms with Gasteiger partial charge in [0.2, 0.25) is 5.91 Å². The van der Waals surface area contributed by atoms with Gasteiger partial charge < -0.3 is 19.5 Å². The quantitative estimate of drug-likeness (QED) is 0.454. The molecule has 0 aliphatic heterocycles. The molecule has 1 aliphatic rings. The molecule has 0 saturated heterocycles. The van der Waals surface area contributed by atoms with E-state index in [9.17, 15) is 9.59 Å². The SMILES string of the molecule is CCOC(=O)c1c(NC(=O)CCCOc2ccc(OC)cc2)sc2c1CCC(C)C2. The van der Waals surface area contributed by atoms with Crippen LogP contribution in [0.1, 0.15) is 53.9 Å². The number of hydrogen-bond donors (Lipinski definition) is 1. The first-order valence-corrected chi connectivity index (χ1v) is 11.2. The molecule has 1 heterocycles. The van der Waals surface area contributed by atoms with Crippen LogP contribution >= 0.6 is 11.3 Å². The molecule has 1 unspecified atom stereocenters. The lowest BCUT2D eigenvalue weighted by atomic mass is 9.88. The third kappa shape index (κ3) is 5.53. The molecule has 0 radical (unpaired) electrons. The predicted octanol–water partition coefficient (Wildman–Crippen LogP) is 4.86. The molecule has 0 saturated carbocycles. The van der Waals surface area contributed by atoms with Crippen molar-refractivity contribution in [3.8, 4) is 11.5 Å². The molecule has 0 fully saturated rings. The number of esters is 1. The van der Waals surface area contributed by atoms with Crippen molar-refractivity contribution >= 4 is 28.2 Å². The van der Waals surface area contributed by atoms with E-state index >= 15 is 0 Å². The Kier molecular flexibility index (Phi) is 7.74. The number of fused-ring (bicyclic) bond motifs is 1. The minimum absolute atomic E-state index is 0.120. The number of anilines is 1. The summed E-state index contributed by atoms with van der Waals surface area (Å²) in [7, 11) is 1.62. The Balaban J connectivity index is 1.56. The second-order valence-corrected chi connectivity index (χ2v) is 8.56. The summed E-state index contributed by atoms with van der Waals surface area (Å²) in [4.78, 5) is 26.2. The first-order valence-electron chi connectivity index (χ1n) is 10.4. The van der Waals surface area contributed by atoms with Crippen LogP contribution in [0.2, 0.25) is 0 Å². The summed E-state index contributed by atoms with van der Waals surface area (Å²) in [5.41, 5.74) is 1.60. The molecule has 1 aromatic heterocycles. The van der Waals surface area contributed by atoms with Crippen LogP contribution < -0.4 is 14.8 Å². The number of ether oxygens (including phenoxy) is 3. The van der Waals surface area contributed by atoms with Crippen molar-refractivity contribution in [1.82, 2.24) is 0 Å². The van der Waals surface area contributed by atoms with Crippen molar-refractivity contribution in [2.75, 3.05) is 25.6 Å². The first-order chi connectivity index (χ1) is 14.5. The van der Waals surface area contributed by atoms with E-state index in [0.717, 1.165) is 36.3 Å². The highest BCUT2D eigenvalue weighted by Gasteiger charge is 2.29. The van der Waals surface area contributed by atoms with Crippen LogP contribution in [0, 0.1) is 5.92 Å². The Morgan fingerprint density at radius 2 is 1.93 bits per heavy atom. The van der Waals surface area contributed by atoms with Gasteiger partial charge in [0.05, 0.1) is 25.9 Å². The summed E-state index contributed by atoms with van der Waals surface area (Å²) in [5.74, 6) is 1.63. The maximum absolute atomic E-state index is 12.5. The number of carbonyl (C=O) groups excluding carboxylic acids is 2. The van der Waals surface area contributed by atoms with Crippen LogP contribution in [0.3, 0.4) is 0 Å². The average molecular weight is 432 g/mol. The lowest BCUT2D eigenvalue weighted by molar-refractivity contribution is -0.116. The molecule has 6 nitrogen and oxygen atoms in total. The Labute approximate surface area is 181 Å². The van der Waals surface area contributed by atoms with E-state index in [1.807, 2.05) is 24.3 Å². The fourth-order valence-electron chi connectivity index (χ4n) is 3.54. The van der Waals surface area contributed by atoms with Gasteiger partial charge in [0.1, 0.15) is 16.5 Å². The maximum atomic E-state index is 12.5. The van der Waals surface area contributed by atoms with Gasteiger partial charge in [-0.25, -0.2) is 4.79 Å². The van der Waals surface area contributed by atoms with E-state index in [1.54, 1.807) is 14.0 Å². The Hall–Kier alpha value is -2.54. The standard InChI is InChI=1S/C23H29NO5S/c1-4-28-23(26)21-18-12-7-15(2)14-19(18)30-22(21)24-20(25)6-5-13-29-17-10-8-16(27-3)9-11-17/h8-11,15H,4-7,12-14H2,1-3H3,(H,24,25). The first kappa shape index (κ1) is 22.2. The van der Waals surface area contributed by atoms with Crippen LogP contribution in [0.25, 0.3) is 0 Å². The number of nitrogens with one attached hydrogen (secondary N) is 1. The number of hydrogen-bond acceptors (Lipinski definition) is 6. The molecular formula is C23H29NO5S. The highest BCUT2D eigenvalue weighted by atomic mass is 32.1. The lowest BCUT2D eigenvalue weighted by Gasteiger charge is -2.18. The Morgan fingerprint density at radius 1 is 1.20 bits per heavy atom. The predicted molar refractivity (Wildman–Crippen MR) is 118 cm³/mol. The zero-order chi connectivity index (χ0) is 21.5. The van der Waals surface area contributed by atoms with Gasteiger partial charge >= 0.3 is 5.97 Å². The van der Waals surface area contributed by atoms with Gasteiger partial charge in [-0.15, -0.1) is 11.3 Å². The molecule has 0 spiro atoms. The van der Waals surface area contributed by atoms with Gasteiger partial charge in [-0.3, -0.25) is 4.79 Å². The minimum Gasteiger partial charge on any atom is -0.497 e. The highest BCUT2D eigenvalue weighted by molar-refractivity contribution is 7.17. The van der Waals surface area contributed by atoms with Crippen LogP contribution in [-0.2, 0) is 22.4 Å². The van der Waals surface area contributed by atoms with Crippen molar-refractivity contribution in [2.24, 2.45) is 5.92 Å². The second-order valence-electron chi connectivity index (χ2n) is 7.45. The van der Waals surface area contributed by atoms with Crippen molar-refractivity contribution in [1.29, 1.82) is 0 Å². The Morgan fingerprint density at radius 3 is 2.63 bits per heavy atom. The zero-order valence-electron chi connectivity index (χ0n) is 17.8. The zero-order valence-corrected chi connectivity index (χ0v) is 18.6. The highest BCUT2D eigenvalue weighted by Crippen LogP contribution is 2.40. The summed E-state index contributed by atoms with van der Waals surface area (Å²) in [6, 6.07) is 7.33. The van der Waals surface area contributed by atoms with Crippen molar-refractivity contribution in [3.05, 3.63) is 40.3 Å². The normalized spacial score (nSPS) is 15.2. The van der Waals surface area contributed by atoms with Crippen molar-refractivity contribution < 1.29 is 23.8 Å². The average Bonchev–Trinajstić information content (AvgIpc) is 3.08. The molecule has 1 N–H and O–H groups in total. The summed E-state index contributed by atoms with van der Waals surface area (Å²) in [6.07, 6.45) is 3.74. The number of amides is 1. The molecule has 1 amide bonds. The van der Waals surface area contributed by atoms with E-state index in [1.165, 1.54) is 16.2 Å². The summed E-state index contributed by atoms with van der Waals surface area (Å²) >= 11 is 1.51. The van der Waals surface area contributed by atoms with E-state index in [-0.39, 0.29) is 11.9 Å². The summed E-state index contributed by atoms with van der Waals surface area (Å²) in [5, 5.41) is 3.56. The third-order valence-corrected chi connectivity index (χ3v) is 6.29. The molecule has 162 valence electrons. The van der Waals surface area contributed by atoms with Gasteiger partial charge in [-0.05, 0) is 68.4 Å². The fourth-order valence-corrected chi connectivity index (χ4v) is 4.96. The molecule has 1 atom stereocenters. The smallest absolute Gasteiger partial charge is 0.341 e. The van der Waals surface area contributed by atoms with E-state index in [0.29, 0.717) is 42.5 Å². The van der Waals surface area contributed by atoms with Gasteiger partial charge in [-0.1, -0.05) is 6.92 Å². The number of benzene rings is 1. The number of carbonyl (C=O) groups is 2. The van der Waals surface area contributed by atoms with Crippen molar-refractivity contribution in [3.63, 3.8) is 0 Å². The molecule has 3 rings (SSSR count). The molecule has 1 aromatic carbocycles. The topological polar surface area (TPSA) is 73.9 Å². The van der Waals surface area contributed by atoms with Crippen LogP contribution in [0.15, 0.2) is 24.3 Å². The monoisotopic (exact) mass is 431 g/mol. The molecule has 30 heavy (non-hydrogen) atoms. The maximum Gasteiger partial charge on any atom is 0.341 e. The van der Waals surface area contributed by atoms with Gasteiger partial charge in [0.15, 0.2) is 0 Å². The molecular weight excluding hydrogens is 402 g/mol. The van der Waals surface area contributed by atoms with E-state index in [2.05, 4.69) is 12.2 Å². The fraction of sp³-hybridized carbons (Fsp3) is 0.478. The van der Waals surface area contributed by atoms with Crippen LogP contribution in [-0.4, -0.2) is 32.2 Å². The summed E-state index contributed by atoms with van der Waals surface area (Å²) < 4.78 is 16.0. The number of methoxy groups -OCH3 is 1.